The quantitative estimate of drug-likeness (QED) is 0.824. The Hall–Kier alpha value is -1.20. The second-order valence-electron chi connectivity index (χ2n) is 4.83. The molecule has 2 heterocycles. The molecular weight excluding hydrogens is 246 g/mol. The molecule has 2 N–H and O–H groups in total. The van der Waals surface area contributed by atoms with Gasteiger partial charge in [-0.05, 0) is 32.9 Å². The van der Waals surface area contributed by atoms with Gasteiger partial charge in [0.05, 0.1) is 24.3 Å². The Morgan fingerprint density at radius 2 is 2.22 bits per heavy atom. The van der Waals surface area contributed by atoms with Gasteiger partial charge in [0.2, 0.25) is 0 Å². The van der Waals surface area contributed by atoms with Gasteiger partial charge in [0.1, 0.15) is 10.8 Å². The van der Waals surface area contributed by atoms with Crippen molar-refractivity contribution in [2.24, 2.45) is 5.73 Å². The number of morpholine rings is 1. The number of ether oxygens (including phenoxy) is 1. The maximum Gasteiger partial charge on any atom is 0.139 e. The summed E-state index contributed by atoms with van der Waals surface area (Å²) in [6, 6.07) is 4.17. The van der Waals surface area contributed by atoms with Crippen molar-refractivity contribution in [2.45, 2.75) is 32.9 Å². The van der Waals surface area contributed by atoms with Crippen LogP contribution < -0.4 is 10.6 Å². The van der Waals surface area contributed by atoms with E-state index in [1.54, 1.807) is 0 Å². The fraction of sp³-hybridized carbons (Fsp3) is 0.538. The fourth-order valence-corrected chi connectivity index (χ4v) is 2.31. The summed E-state index contributed by atoms with van der Waals surface area (Å²) >= 11 is 5.11. The number of hydrogen-bond donors (Lipinski definition) is 1. The maximum atomic E-state index is 5.78. The summed E-state index contributed by atoms with van der Waals surface area (Å²) in [7, 11) is 0. The molecule has 1 saturated heterocycles. The number of nitrogens with two attached hydrogens (primary N) is 1. The summed E-state index contributed by atoms with van der Waals surface area (Å²) in [5.41, 5.74) is 7.60. The normalized spacial score (nSPS) is 24.1. The van der Waals surface area contributed by atoms with E-state index < -0.39 is 0 Å². The van der Waals surface area contributed by atoms with Gasteiger partial charge in [-0.2, -0.15) is 0 Å². The zero-order chi connectivity index (χ0) is 13.3. The summed E-state index contributed by atoms with van der Waals surface area (Å²) in [5, 5.41) is 0. The molecule has 1 fully saturated rings. The van der Waals surface area contributed by atoms with E-state index in [2.05, 4.69) is 23.7 Å². The van der Waals surface area contributed by atoms with E-state index in [1.807, 2.05) is 19.1 Å². The number of aryl methyl sites for hydroxylation is 1. The molecule has 1 aliphatic heterocycles. The lowest BCUT2D eigenvalue weighted by Crippen LogP contribution is -2.48. The lowest BCUT2D eigenvalue weighted by molar-refractivity contribution is 0.0340. The van der Waals surface area contributed by atoms with Gasteiger partial charge in [-0.15, -0.1) is 0 Å². The van der Waals surface area contributed by atoms with E-state index in [4.69, 9.17) is 22.7 Å². The van der Waals surface area contributed by atoms with E-state index in [0.29, 0.717) is 11.6 Å². The highest BCUT2D eigenvalue weighted by Crippen LogP contribution is 2.24. The molecule has 1 aliphatic rings. The van der Waals surface area contributed by atoms with Crippen LogP contribution in [0.25, 0.3) is 0 Å². The molecule has 0 aliphatic carbocycles. The average molecular weight is 265 g/mol. The Bertz CT molecular complexity index is 464. The van der Waals surface area contributed by atoms with Crippen molar-refractivity contribution < 1.29 is 4.74 Å². The molecule has 2 unspecified atom stereocenters. The van der Waals surface area contributed by atoms with E-state index >= 15 is 0 Å². The largest absolute Gasteiger partial charge is 0.389 e. The van der Waals surface area contributed by atoms with Crippen LogP contribution in [0.3, 0.4) is 0 Å². The van der Waals surface area contributed by atoms with Crippen LogP contribution in [0.1, 0.15) is 25.1 Å². The number of anilines is 1. The monoisotopic (exact) mass is 265 g/mol. The van der Waals surface area contributed by atoms with Crippen LogP contribution in [0.15, 0.2) is 12.1 Å². The van der Waals surface area contributed by atoms with Crippen molar-refractivity contribution in [1.29, 1.82) is 0 Å². The van der Waals surface area contributed by atoms with Crippen LogP contribution in [-0.4, -0.2) is 35.3 Å². The molecule has 1 aromatic rings. The summed E-state index contributed by atoms with van der Waals surface area (Å²) in [5.74, 6) is 0.880. The van der Waals surface area contributed by atoms with Gasteiger partial charge in [-0.25, -0.2) is 4.98 Å². The van der Waals surface area contributed by atoms with Crippen molar-refractivity contribution in [3.05, 3.63) is 23.4 Å². The molecule has 0 radical (unpaired) electrons. The van der Waals surface area contributed by atoms with Gasteiger partial charge in [-0.1, -0.05) is 12.2 Å². The number of pyridine rings is 1. The highest BCUT2D eigenvalue weighted by atomic mass is 32.1. The van der Waals surface area contributed by atoms with Gasteiger partial charge in [0.25, 0.3) is 0 Å². The Balaban J connectivity index is 2.41. The predicted octanol–water partition coefficient (Wildman–Crippen LogP) is 1.64. The first-order chi connectivity index (χ1) is 8.49. The number of aromatic nitrogens is 1. The number of nitrogens with zero attached hydrogens (tertiary/aromatic N) is 2. The Kier molecular flexibility index (Phi) is 3.82. The van der Waals surface area contributed by atoms with Crippen molar-refractivity contribution in [3.8, 4) is 0 Å². The molecule has 0 bridgehead atoms. The Morgan fingerprint density at radius 1 is 1.50 bits per heavy atom. The molecule has 0 aromatic carbocycles. The van der Waals surface area contributed by atoms with Crippen molar-refractivity contribution in [2.75, 3.05) is 18.1 Å². The maximum absolute atomic E-state index is 5.78. The second-order valence-corrected chi connectivity index (χ2v) is 5.27. The summed E-state index contributed by atoms with van der Waals surface area (Å²) in [4.78, 5) is 7.23. The lowest BCUT2D eigenvalue weighted by Gasteiger charge is -2.38. The fourth-order valence-electron chi connectivity index (χ4n) is 2.15. The standard InChI is InChI=1S/C13H19N3OS/c1-8-4-5-11(12(14)18)13(15-8)16-6-10(3)17-7-9(16)2/h4-5,9-10H,6-7H2,1-3H3,(H2,14,18). The molecule has 0 spiro atoms. The molecule has 18 heavy (non-hydrogen) atoms. The Labute approximate surface area is 113 Å². The zero-order valence-electron chi connectivity index (χ0n) is 11.0. The van der Waals surface area contributed by atoms with Crippen LogP contribution in [0, 0.1) is 6.92 Å². The molecule has 0 saturated carbocycles. The highest BCUT2D eigenvalue weighted by molar-refractivity contribution is 7.80. The smallest absolute Gasteiger partial charge is 0.139 e. The zero-order valence-corrected chi connectivity index (χ0v) is 11.8. The van der Waals surface area contributed by atoms with Crippen LogP contribution in [0.5, 0.6) is 0 Å². The molecule has 2 atom stereocenters. The molecule has 0 amide bonds. The molecule has 5 heteroatoms. The first-order valence-corrected chi connectivity index (χ1v) is 6.55. The third kappa shape index (κ3) is 2.62. The molecule has 98 valence electrons. The van der Waals surface area contributed by atoms with E-state index in [1.165, 1.54) is 0 Å². The van der Waals surface area contributed by atoms with Crippen molar-refractivity contribution >= 4 is 23.0 Å². The van der Waals surface area contributed by atoms with Gasteiger partial charge >= 0.3 is 0 Å². The number of rotatable bonds is 2. The number of hydrogen-bond acceptors (Lipinski definition) is 4. The predicted molar refractivity (Wildman–Crippen MR) is 77.1 cm³/mol. The summed E-state index contributed by atoms with van der Waals surface area (Å²) in [6.07, 6.45) is 0.197. The Morgan fingerprint density at radius 3 is 2.89 bits per heavy atom. The third-order valence-electron chi connectivity index (χ3n) is 3.16. The first-order valence-electron chi connectivity index (χ1n) is 6.14. The summed E-state index contributed by atoms with van der Waals surface area (Å²) in [6.45, 7) is 7.68. The van der Waals surface area contributed by atoms with Gasteiger partial charge in [0.15, 0.2) is 0 Å². The molecular formula is C13H19N3OS. The van der Waals surface area contributed by atoms with E-state index in [-0.39, 0.29) is 12.1 Å². The number of thiocarbonyl (C=S) groups is 1. The molecule has 4 nitrogen and oxygen atoms in total. The molecule has 2 rings (SSSR count). The SMILES string of the molecule is Cc1ccc(C(N)=S)c(N2CC(C)OCC2C)n1. The third-order valence-corrected chi connectivity index (χ3v) is 3.38. The van der Waals surface area contributed by atoms with Crippen LogP contribution in [0.2, 0.25) is 0 Å². The van der Waals surface area contributed by atoms with Gasteiger partial charge in [-0.3, -0.25) is 0 Å². The molecule has 1 aromatic heterocycles. The summed E-state index contributed by atoms with van der Waals surface area (Å²) < 4.78 is 5.64. The van der Waals surface area contributed by atoms with Crippen LogP contribution >= 0.6 is 12.2 Å². The van der Waals surface area contributed by atoms with Crippen LogP contribution in [-0.2, 0) is 4.74 Å². The van der Waals surface area contributed by atoms with Crippen molar-refractivity contribution in [1.82, 2.24) is 4.98 Å². The van der Waals surface area contributed by atoms with Gasteiger partial charge < -0.3 is 15.4 Å². The first kappa shape index (κ1) is 13.2. The van der Waals surface area contributed by atoms with E-state index in [0.717, 1.165) is 23.6 Å². The van der Waals surface area contributed by atoms with E-state index in [9.17, 15) is 0 Å². The lowest BCUT2D eigenvalue weighted by atomic mass is 10.1. The van der Waals surface area contributed by atoms with Gasteiger partial charge in [0, 0.05) is 12.2 Å². The van der Waals surface area contributed by atoms with Crippen molar-refractivity contribution in [3.63, 3.8) is 0 Å². The minimum atomic E-state index is 0.197. The highest BCUT2D eigenvalue weighted by Gasteiger charge is 2.26. The topological polar surface area (TPSA) is 51.4 Å². The van der Waals surface area contributed by atoms with Crippen LogP contribution in [0.4, 0.5) is 5.82 Å². The second kappa shape index (κ2) is 5.20. The average Bonchev–Trinajstić information content (AvgIpc) is 2.31. The minimum absolute atomic E-state index is 0.197. The minimum Gasteiger partial charge on any atom is -0.389 e.